The third-order valence-corrected chi connectivity index (χ3v) is 2.78. The van der Waals surface area contributed by atoms with Gasteiger partial charge in [-0.15, -0.1) is 0 Å². The maximum Gasteiger partial charge on any atom is 0.258 e. The second kappa shape index (κ2) is 6.20. The van der Waals surface area contributed by atoms with Gasteiger partial charge in [-0.3, -0.25) is 9.78 Å². The van der Waals surface area contributed by atoms with Crippen LogP contribution in [0.2, 0.25) is 5.02 Å². The molecule has 1 amide bonds. The van der Waals surface area contributed by atoms with Crippen molar-refractivity contribution in [2.75, 3.05) is 11.9 Å². The molecule has 0 fully saturated rings. The second-order valence-electron chi connectivity index (χ2n) is 3.74. The quantitative estimate of drug-likeness (QED) is 0.931. The van der Waals surface area contributed by atoms with Gasteiger partial charge in [0, 0.05) is 12.4 Å². The summed E-state index contributed by atoms with van der Waals surface area (Å²) in [5.41, 5.74) is 0.935. The van der Waals surface area contributed by atoms with Gasteiger partial charge in [0.2, 0.25) is 0 Å². The molecule has 0 spiro atoms. The van der Waals surface area contributed by atoms with Crippen molar-refractivity contribution in [2.45, 2.75) is 6.92 Å². The van der Waals surface area contributed by atoms with Crippen LogP contribution in [-0.2, 0) is 0 Å². The molecule has 1 aromatic heterocycles. The van der Waals surface area contributed by atoms with E-state index < -0.39 is 0 Å². The molecule has 2 rings (SSSR count). The first-order valence-electron chi connectivity index (χ1n) is 5.85. The Morgan fingerprint density at radius 1 is 1.37 bits per heavy atom. The highest BCUT2D eigenvalue weighted by Crippen LogP contribution is 2.25. The minimum atomic E-state index is -0.315. The number of ether oxygens (including phenoxy) is 1. The van der Waals surface area contributed by atoms with Crippen molar-refractivity contribution in [3.63, 3.8) is 0 Å². The monoisotopic (exact) mass is 276 g/mol. The van der Waals surface area contributed by atoms with Gasteiger partial charge in [0.25, 0.3) is 5.91 Å². The SMILES string of the molecule is CCOc1ccccc1NC(=O)c1cnccc1Cl. The maximum absolute atomic E-state index is 12.1. The summed E-state index contributed by atoms with van der Waals surface area (Å²) in [7, 11) is 0. The molecular formula is C14H13ClN2O2. The van der Waals surface area contributed by atoms with E-state index >= 15 is 0 Å². The number of nitrogens with zero attached hydrogens (tertiary/aromatic N) is 1. The molecule has 4 nitrogen and oxygen atoms in total. The first kappa shape index (κ1) is 13.4. The Labute approximate surface area is 116 Å². The number of pyridine rings is 1. The van der Waals surface area contributed by atoms with E-state index in [9.17, 15) is 4.79 Å². The highest BCUT2D eigenvalue weighted by molar-refractivity contribution is 6.34. The lowest BCUT2D eigenvalue weighted by Gasteiger charge is -2.11. The van der Waals surface area contributed by atoms with Gasteiger partial charge >= 0.3 is 0 Å². The zero-order chi connectivity index (χ0) is 13.7. The summed E-state index contributed by atoms with van der Waals surface area (Å²) in [6, 6.07) is 8.81. The van der Waals surface area contributed by atoms with Crippen LogP contribution in [0.3, 0.4) is 0 Å². The van der Waals surface area contributed by atoms with Crippen LogP contribution >= 0.6 is 11.6 Å². The molecular weight excluding hydrogens is 264 g/mol. The number of carbonyl (C=O) groups is 1. The van der Waals surface area contributed by atoms with Gasteiger partial charge in [-0.1, -0.05) is 23.7 Å². The van der Waals surface area contributed by atoms with Crippen LogP contribution in [0.5, 0.6) is 5.75 Å². The lowest BCUT2D eigenvalue weighted by Crippen LogP contribution is -2.13. The van der Waals surface area contributed by atoms with Gasteiger partial charge in [0.15, 0.2) is 0 Å². The van der Waals surface area contributed by atoms with Gasteiger partial charge in [-0.05, 0) is 25.1 Å². The molecule has 0 atom stereocenters. The number of halogens is 1. The Balaban J connectivity index is 2.22. The normalized spacial score (nSPS) is 10.0. The van der Waals surface area contributed by atoms with Crippen molar-refractivity contribution in [3.05, 3.63) is 53.3 Å². The average molecular weight is 277 g/mol. The zero-order valence-electron chi connectivity index (χ0n) is 10.4. The summed E-state index contributed by atoms with van der Waals surface area (Å²) in [5.74, 6) is 0.309. The summed E-state index contributed by atoms with van der Waals surface area (Å²) >= 11 is 5.95. The van der Waals surface area contributed by atoms with E-state index in [4.69, 9.17) is 16.3 Å². The number of aromatic nitrogens is 1. The molecule has 1 N–H and O–H groups in total. The van der Waals surface area contributed by atoms with E-state index in [1.807, 2.05) is 19.1 Å². The third-order valence-electron chi connectivity index (χ3n) is 2.45. The van der Waals surface area contributed by atoms with Crippen LogP contribution in [0.4, 0.5) is 5.69 Å². The molecule has 98 valence electrons. The highest BCUT2D eigenvalue weighted by atomic mass is 35.5. The van der Waals surface area contributed by atoms with Crippen molar-refractivity contribution in [1.29, 1.82) is 0 Å². The number of para-hydroxylation sites is 2. The fraction of sp³-hybridized carbons (Fsp3) is 0.143. The molecule has 0 bridgehead atoms. The minimum absolute atomic E-state index is 0.315. The molecule has 0 aliphatic carbocycles. The minimum Gasteiger partial charge on any atom is -0.492 e. The van der Waals surface area contributed by atoms with Crippen LogP contribution < -0.4 is 10.1 Å². The Morgan fingerprint density at radius 2 is 2.16 bits per heavy atom. The molecule has 0 saturated carbocycles. The molecule has 2 aromatic rings. The predicted molar refractivity (Wildman–Crippen MR) is 74.8 cm³/mol. The third kappa shape index (κ3) is 3.23. The fourth-order valence-electron chi connectivity index (χ4n) is 1.59. The number of anilines is 1. The second-order valence-corrected chi connectivity index (χ2v) is 4.15. The van der Waals surface area contributed by atoms with Crippen molar-refractivity contribution in [1.82, 2.24) is 4.98 Å². The number of hydrogen-bond donors (Lipinski definition) is 1. The van der Waals surface area contributed by atoms with Crippen LogP contribution in [0.1, 0.15) is 17.3 Å². The van der Waals surface area contributed by atoms with Gasteiger partial charge in [0.05, 0.1) is 22.9 Å². The Kier molecular flexibility index (Phi) is 4.36. The van der Waals surface area contributed by atoms with Crippen molar-refractivity contribution < 1.29 is 9.53 Å². The standard InChI is InChI=1S/C14H13ClN2O2/c1-2-19-13-6-4-3-5-12(13)17-14(18)10-9-16-8-7-11(10)15/h3-9H,2H2,1H3,(H,17,18). The van der Waals surface area contributed by atoms with Gasteiger partial charge in [-0.2, -0.15) is 0 Å². The van der Waals surface area contributed by atoms with Crippen LogP contribution in [-0.4, -0.2) is 17.5 Å². The lowest BCUT2D eigenvalue weighted by atomic mass is 10.2. The highest BCUT2D eigenvalue weighted by Gasteiger charge is 2.12. The van der Waals surface area contributed by atoms with Crippen LogP contribution in [0.15, 0.2) is 42.7 Å². The lowest BCUT2D eigenvalue weighted by molar-refractivity contribution is 0.102. The molecule has 0 radical (unpaired) electrons. The Bertz CT molecular complexity index is 587. The van der Waals surface area contributed by atoms with E-state index in [0.717, 1.165) is 0 Å². The fourth-order valence-corrected chi connectivity index (χ4v) is 1.78. The maximum atomic E-state index is 12.1. The molecule has 19 heavy (non-hydrogen) atoms. The molecule has 0 saturated heterocycles. The summed E-state index contributed by atoms with van der Waals surface area (Å²) in [6.07, 6.45) is 2.97. The van der Waals surface area contributed by atoms with E-state index in [0.29, 0.717) is 28.6 Å². The van der Waals surface area contributed by atoms with E-state index in [-0.39, 0.29) is 5.91 Å². The van der Waals surface area contributed by atoms with Crippen molar-refractivity contribution >= 4 is 23.2 Å². The zero-order valence-corrected chi connectivity index (χ0v) is 11.1. The molecule has 5 heteroatoms. The smallest absolute Gasteiger partial charge is 0.258 e. The van der Waals surface area contributed by atoms with Gasteiger partial charge in [0.1, 0.15) is 5.75 Å². The van der Waals surface area contributed by atoms with Gasteiger partial charge < -0.3 is 10.1 Å². The number of carbonyl (C=O) groups excluding carboxylic acids is 1. The molecule has 0 aliphatic heterocycles. The predicted octanol–water partition coefficient (Wildman–Crippen LogP) is 3.39. The first-order chi connectivity index (χ1) is 9.22. The van der Waals surface area contributed by atoms with Crippen molar-refractivity contribution in [3.8, 4) is 5.75 Å². The molecule has 1 heterocycles. The number of hydrogen-bond acceptors (Lipinski definition) is 3. The molecule has 1 aromatic carbocycles. The first-order valence-corrected chi connectivity index (χ1v) is 6.23. The summed E-state index contributed by atoms with van der Waals surface area (Å²) in [4.78, 5) is 16.0. The van der Waals surface area contributed by atoms with E-state index in [1.165, 1.54) is 12.4 Å². The van der Waals surface area contributed by atoms with Crippen LogP contribution in [0, 0.1) is 0 Å². The topological polar surface area (TPSA) is 51.2 Å². The largest absolute Gasteiger partial charge is 0.492 e. The summed E-state index contributed by atoms with van der Waals surface area (Å²) in [5, 5.41) is 3.13. The summed E-state index contributed by atoms with van der Waals surface area (Å²) < 4.78 is 5.44. The van der Waals surface area contributed by atoms with E-state index in [2.05, 4.69) is 10.3 Å². The van der Waals surface area contributed by atoms with E-state index in [1.54, 1.807) is 18.2 Å². The average Bonchev–Trinajstić information content (AvgIpc) is 2.41. The van der Waals surface area contributed by atoms with Crippen LogP contribution in [0.25, 0.3) is 0 Å². The Hall–Kier alpha value is -2.07. The number of nitrogens with one attached hydrogen (secondary N) is 1. The number of rotatable bonds is 4. The van der Waals surface area contributed by atoms with Gasteiger partial charge in [-0.25, -0.2) is 0 Å². The number of benzene rings is 1. The molecule has 0 unspecified atom stereocenters. The Morgan fingerprint density at radius 3 is 2.89 bits per heavy atom. The number of amides is 1. The molecule has 0 aliphatic rings. The summed E-state index contributed by atoms with van der Waals surface area (Å²) in [6.45, 7) is 2.41. The van der Waals surface area contributed by atoms with Crippen molar-refractivity contribution in [2.24, 2.45) is 0 Å².